The number of hydrogen-bond donors (Lipinski definition) is 0. The molecule has 0 amide bonds. The minimum absolute atomic E-state index is 1.08. The van der Waals surface area contributed by atoms with Gasteiger partial charge in [-0.25, -0.2) is 0 Å². The molecule has 3 rings (SSSR count). The summed E-state index contributed by atoms with van der Waals surface area (Å²) in [6, 6.07) is 16.8. The minimum Gasteiger partial charge on any atom is -0.309 e. The maximum Gasteiger partial charge on any atom is 0.0541 e. The molecule has 1 nitrogen and oxygen atoms in total. The molecule has 0 aliphatic carbocycles. The largest absolute Gasteiger partial charge is 0.309 e. The normalized spacial score (nSPS) is 11.3. The van der Waals surface area contributed by atoms with Crippen LogP contribution < -0.4 is 0 Å². The van der Waals surface area contributed by atoms with Crippen molar-refractivity contribution in [3.63, 3.8) is 0 Å². The van der Waals surface area contributed by atoms with Crippen LogP contribution in [0, 0.1) is 0 Å². The first-order valence-electron chi connectivity index (χ1n) is 6.90. The summed E-state index contributed by atoms with van der Waals surface area (Å²) in [5, 5.41) is 1.20. The zero-order valence-corrected chi connectivity index (χ0v) is 13.5. The lowest BCUT2D eigenvalue weighted by Gasteiger charge is -2.09. The molecule has 0 N–H and O–H groups in total. The lowest BCUT2D eigenvalue weighted by molar-refractivity contribution is 1.10. The second-order valence-corrected chi connectivity index (χ2v) is 5.75. The third-order valence-electron chi connectivity index (χ3n) is 3.55. The molecule has 0 saturated heterocycles. The van der Waals surface area contributed by atoms with E-state index in [0.717, 1.165) is 21.4 Å². The molecule has 1 heterocycles. The zero-order valence-electron chi connectivity index (χ0n) is 11.9. The third-order valence-corrected chi connectivity index (χ3v) is 4.04. The SMILES string of the molecule is C=Cc1c(/C=C\C)n(-c2ccccc2)c2ccc(Br)cc12. The van der Waals surface area contributed by atoms with Crippen molar-refractivity contribution < 1.29 is 0 Å². The Labute approximate surface area is 133 Å². The Bertz CT molecular complexity index is 826. The molecule has 0 fully saturated rings. The fourth-order valence-electron chi connectivity index (χ4n) is 2.70. The first-order chi connectivity index (χ1) is 10.3. The zero-order chi connectivity index (χ0) is 14.8. The molecule has 21 heavy (non-hydrogen) atoms. The van der Waals surface area contributed by atoms with Crippen LogP contribution in [0.15, 0.2) is 65.7 Å². The van der Waals surface area contributed by atoms with Crippen molar-refractivity contribution in [2.45, 2.75) is 6.92 Å². The van der Waals surface area contributed by atoms with Crippen LogP contribution in [0.1, 0.15) is 18.2 Å². The molecule has 0 saturated carbocycles. The summed E-state index contributed by atoms with van der Waals surface area (Å²) in [5.41, 5.74) is 4.67. The van der Waals surface area contributed by atoms with Crippen molar-refractivity contribution in [3.05, 3.63) is 76.9 Å². The summed E-state index contributed by atoms with van der Waals surface area (Å²) < 4.78 is 3.36. The highest BCUT2D eigenvalue weighted by Crippen LogP contribution is 2.33. The molecular formula is C19H16BrN. The van der Waals surface area contributed by atoms with Gasteiger partial charge in [-0.05, 0) is 43.3 Å². The van der Waals surface area contributed by atoms with Crippen LogP contribution in [0.2, 0.25) is 0 Å². The summed E-state index contributed by atoms with van der Waals surface area (Å²) in [7, 11) is 0. The molecule has 0 atom stereocenters. The second-order valence-electron chi connectivity index (χ2n) is 4.84. The van der Waals surface area contributed by atoms with Gasteiger partial charge in [0.15, 0.2) is 0 Å². The van der Waals surface area contributed by atoms with Crippen LogP contribution in [0.4, 0.5) is 0 Å². The van der Waals surface area contributed by atoms with Crippen LogP contribution >= 0.6 is 15.9 Å². The molecule has 2 aromatic carbocycles. The van der Waals surface area contributed by atoms with E-state index in [0.29, 0.717) is 0 Å². The van der Waals surface area contributed by atoms with Gasteiger partial charge in [0.25, 0.3) is 0 Å². The number of allylic oxidation sites excluding steroid dienone is 1. The average Bonchev–Trinajstić information content (AvgIpc) is 2.81. The van der Waals surface area contributed by atoms with Gasteiger partial charge in [-0.15, -0.1) is 0 Å². The summed E-state index contributed by atoms with van der Waals surface area (Å²) in [6.45, 7) is 6.04. The number of aromatic nitrogens is 1. The molecule has 0 aliphatic heterocycles. The number of hydrogen-bond acceptors (Lipinski definition) is 0. The van der Waals surface area contributed by atoms with Crippen LogP contribution in [-0.2, 0) is 0 Å². The van der Waals surface area contributed by atoms with Gasteiger partial charge >= 0.3 is 0 Å². The number of nitrogens with zero attached hydrogens (tertiary/aromatic N) is 1. The van der Waals surface area contributed by atoms with Crippen molar-refractivity contribution >= 4 is 39.0 Å². The summed E-state index contributed by atoms with van der Waals surface area (Å²) >= 11 is 3.56. The topological polar surface area (TPSA) is 4.93 Å². The van der Waals surface area contributed by atoms with Gasteiger partial charge in [0.1, 0.15) is 0 Å². The van der Waals surface area contributed by atoms with Crippen molar-refractivity contribution in [1.82, 2.24) is 4.57 Å². The van der Waals surface area contributed by atoms with Crippen molar-refractivity contribution in [2.75, 3.05) is 0 Å². The molecule has 0 unspecified atom stereocenters. The summed E-state index contributed by atoms with van der Waals surface area (Å²) in [6.07, 6.45) is 6.14. The van der Waals surface area contributed by atoms with Gasteiger partial charge in [0, 0.05) is 21.1 Å². The first kappa shape index (κ1) is 13.9. The number of benzene rings is 2. The van der Waals surface area contributed by atoms with E-state index in [1.165, 1.54) is 10.9 Å². The van der Waals surface area contributed by atoms with E-state index in [4.69, 9.17) is 0 Å². The fraction of sp³-hybridized carbons (Fsp3) is 0.0526. The molecule has 2 heteroatoms. The summed E-state index contributed by atoms with van der Waals surface area (Å²) in [4.78, 5) is 0. The predicted octanol–water partition coefficient (Wildman–Crippen LogP) is 6.07. The van der Waals surface area contributed by atoms with Gasteiger partial charge in [0.2, 0.25) is 0 Å². The van der Waals surface area contributed by atoms with Crippen LogP contribution in [0.25, 0.3) is 28.7 Å². The quantitative estimate of drug-likeness (QED) is 0.546. The molecular weight excluding hydrogens is 322 g/mol. The van der Waals surface area contributed by atoms with Crippen LogP contribution in [-0.4, -0.2) is 4.57 Å². The lowest BCUT2D eigenvalue weighted by atomic mass is 10.1. The molecule has 0 spiro atoms. The van der Waals surface area contributed by atoms with Crippen molar-refractivity contribution in [3.8, 4) is 5.69 Å². The Morgan fingerprint density at radius 2 is 1.86 bits per heavy atom. The van der Waals surface area contributed by atoms with E-state index in [1.807, 2.05) is 19.1 Å². The maximum atomic E-state index is 4.00. The van der Waals surface area contributed by atoms with Crippen LogP contribution in [0.5, 0.6) is 0 Å². The molecule has 1 aromatic heterocycles. The van der Waals surface area contributed by atoms with E-state index in [9.17, 15) is 0 Å². The van der Waals surface area contributed by atoms with Gasteiger partial charge in [-0.2, -0.15) is 0 Å². The second kappa shape index (κ2) is 5.74. The van der Waals surface area contributed by atoms with Gasteiger partial charge < -0.3 is 4.57 Å². The maximum absolute atomic E-state index is 4.00. The highest BCUT2D eigenvalue weighted by molar-refractivity contribution is 9.10. The number of rotatable bonds is 3. The predicted molar refractivity (Wildman–Crippen MR) is 95.8 cm³/mol. The first-order valence-corrected chi connectivity index (χ1v) is 7.70. The molecule has 0 bridgehead atoms. The molecule has 3 aromatic rings. The van der Waals surface area contributed by atoms with Gasteiger partial charge in [-0.1, -0.05) is 52.9 Å². The number of para-hydroxylation sites is 1. The minimum atomic E-state index is 1.08. The highest BCUT2D eigenvalue weighted by atomic mass is 79.9. The summed E-state index contributed by atoms with van der Waals surface area (Å²) in [5.74, 6) is 0. The van der Waals surface area contributed by atoms with E-state index < -0.39 is 0 Å². The van der Waals surface area contributed by atoms with E-state index >= 15 is 0 Å². The fourth-order valence-corrected chi connectivity index (χ4v) is 3.06. The van der Waals surface area contributed by atoms with Crippen molar-refractivity contribution in [2.24, 2.45) is 0 Å². The van der Waals surface area contributed by atoms with E-state index in [1.54, 1.807) is 0 Å². The molecule has 0 aliphatic rings. The van der Waals surface area contributed by atoms with E-state index in [2.05, 4.69) is 81.7 Å². The smallest absolute Gasteiger partial charge is 0.0541 e. The Hall–Kier alpha value is -2.06. The molecule has 0 radical (unpaired) electrons. The Balaban J connectivity index is 2.47. The van der Waals surface area contributed by atoms with Crippen molar-refractivity contribution in [1.29, 1.82) is 0 Å². The average molecular weight is 338 g/mol. The Morgan fingerprint density at radius 3 is 2.52 bits per heavy atom. The lowest BCUT2D eigenvalue weighted by Crippen LogP contribution is -1.96. The third kappa shape index (κ3) is 2.36. The Kier molecular flexibility index (Phi) is 3.80. The Morgan fingerprint density at radius 1 is 1.10 bits per heavy atom. The van der Waals surface area contributed by atoms with E-state index in [-0.39, 0.29) is 0 Å². The number of halogens is 1. The van der Waals surface area contributed by atoms with Gasteiger partial charge in [-0.3, -0.25) is 0 Å². The monoisotopic (exact) mass is 337 g/mol. The van der Waals surface area contributed by atoms with Gasteiger partial charge in [0.05, 0.1) is 11.2 Å². The molecule has 104 valence electrons. The van der Waals surface area contributed by atoms with Crippen LogP contribution in [0.3, 0.4) is 0 Å². The standard InChI is InChI=1S/C19H16BrN/c1-3-8-18-16(4-2)17-13-14(20)11-12-19(17)21(18)15-9-6-5-7-10-15/h3-13H,2H2,1H3/b8-3-. The number of fused-ring (bicyclic) bond motifs is 1. The highest BCUT2D eigenvalue weighted by Gasteiger charge is 2.14.